The molecule has 2 aromatic rings. The summed E-state index contributed by atoms with van der Waals surface area (Å²) in [6.07, 6.45) is 5.26. The van der Waals surface area contributed by atoms with Crippen LogP contribution in [-0.4, -0.2) is 39.4 Å². The van der Waals surface area contributed by atoms with Gasteiger partial charge in [0.1, 0.15) is 11.5 Å². The van der Waals surface area contributed by atoms with Gasteiger partial charge in [-0.05, 0) is 25.5 Å². The Morgan fingerprint density at radius 2 is 2.40 bits per heavy atom. The third-order valence-electron chi connectivity index (χ3n) is 4.02. The van der Waals surface area contributed by atoms with E-state index in [1.165, 1.54) is 0 Å². The van der Waals surface area contributed by atoms with Crippen molar-refractivity contribution in [1.82, 2.24) is 20.6 Å². The quantitative estimate of drug-likeness (QED) is 0.231. The number of pyridine rings is 1. The van der Waals surface area contributed by atoms with Crippen molar-refractivity contribution in [1.29, 1.82) is 0 Å². The summed E-state index contributed by atoms with van der Waals surface area (Å²) < 4.78 is 14.5. The molecular formula is C16H19ClFIN6. The van der Waals surface area contributed by atoms with Crippen molar-refractivity contribution in [3.05, 3.63) is 40.7 Å². The molecule has 1 aliphatic rings. The van der Waals surface area contributed by atoms with Crippen LogP contribution in [0.25, 0.3) is 11.0 Å². The lowest BCUT2D eigenvalue weighted by Crippen LogP contribution is -2.42. The molecule has 0 aliphatic carbocycles. The minimum Gasteiger partial charge on any atom is -0.383 e. The van der Waals surface area contributed by atoms with E-state index in [-0.39, 0.29) is 28.0 Å². The van der Waals surface area contributed by atoms with Crippen molar-refractivity contribution in [3.63, 3.8) is 0 Å². The van der Waals surface area contributed by atoms with E-state index in [9.17, 15) is 4.39 Å². The maximum absolute atomic E-state index is 14.3. The topological polar surface area (TPSA) is 91.1 Å². The Kier molecular flexibility index (Phi) is 6.13. The molecule has 5 N–H and O–H groups in total. The number of aromatic nitrogens is 2. The Labute approximate surface area is 163 Å². The Morgan fingerprint density at radius 3 is 3.12 bits per heavy atom. The first-order valence-electron chi connectivity index (χ1n) is 7.97. The van der Waals surface area contributed by atoms with Gasteiger partial charge in [-0.25, -0.2) is 14.4 Å². The van der Waals surface area contributed by atoms with Crippen LogP contribution in [0.5, 0.6) is 0 Å². The third kappa shape index (κ3) is 4.42. The number of fused-ring (bicyclic) bond motifs is 1. The van der Waals surface area contributed by atoms with E-state index in [4.69, 9.17) is 17.3 Å². The molecule has 0 unspecified atom stereocenters. The summed E-state index contributed by atoms with van der Waals surface area (Å²) in [7, 11) is 0. The van der Waals surface area contributed by atoms with Gasteiger partial charge in [0.15, 0.2) is 11.6 Å². The number of aromatic amines is 1. The second-order valence-corrected chi connectivity index (χ2v) is 7.02. The third-order valence-corrected chi connectivity index (χ3v) is 4.89. The second-order valence-electron chi connectivity index (χ2n) is 5.82. The molecule has 2 aromatic heterocycles. The van der Waals surface area contributed by atoms with Crippen molar-refractivity contribution < 1.29 is 4.39 Å². The molecule has 1 atom stereocenters. The van der Waals surface area contributed by atoms with Gasteiger partial charge >= 0.3 is 0 Å². The van der Waals surface area contributed by atoms with Crippen LogP contribution >= 0.6 is 34.2 Å². The number of allylic oxidation sites excluding steroid dienone is 1. The lowest BCUT2D eigenvalue weighted by Gasteiger charge is -2.25. The van der Waals surface area contributed by atoms with Gasteiger partial charge in [0.05, 0.1) is 9.45 Å². The number of hydrogen-bond acceptors (Lipinski definition) is 4. The molecular weight excluding hydrogens is 458 g/mol. The number of halogens is 3. The van der Waals surface area contributed by atoms with Crippen molar-refractivity contribution in [2.24, 2.45) is 10.7 Å². The number of piperidine rings is 1. The Bertz CT molecular complexity index is 812. The SMILES string of the molecule is NC(=N/C(N[C@H]1CCCNC1)=C(/F)CI)c1c[nH]c2ncc(Cl)cc12. The first-order chi connectivity index (χ1) is 12.1. The smallest absolute Gasteiger partial charge is 0.161 e. The van der Waals surface area contributed by atoms with E-state index in [0.717, 1.165) is 31.3 Å². The molecule has 1 aliphatic heterocycles. The van der Waals surface area contributed by atoms with Gasteiger partial charge in [0.25, 0.3) is 0 Å². The number of alkyl halides is 1. The summed E-state index contributed by atoms with van der Waals surface area (Å²) >= 11 is 7.98. The fourth-order valence-electron chi connectivity index (χ4n) is 2.77. The molecule has 3 heterocycles. The molecule has 1 fully saturated rings. The zero-order chi connectivity index (χ0) is 17.8. The number of nitrogens with zero attached hydrogens (tertiary/aromatic N) is 2. The first-order valence-corrected chi connectivity index (χ1v) is 9.88. The molecule has 134 valence electrons. The predicted octanol–water partition coefficient (Wildman–Crippen LogP) is 2.84. The van der Waals surface area contributed by atoms with Gasteiger partial charge in [-0.2, -0.15) is 0 Å². The maximum atomic E-state index is 14.3. The largest absolute Gasteiger partial charge is 0.383 e. The fraction of sp³-hybridized carbons (Fsp3) is 0.375. The number of rotatable bonds is 5. The maximum Gasteiger partial charge on any atom is 0.161 e. The highest BCUT2D eigenvalue weighted by molar-refractivity contribution is 14.1. The molecule has 0 aromatic carbocycles. The predicted molar refractivity (Wildman–Crippen MR) is 108 cm³/mol. The average Bonchev–Trinajstić information content (AvgIpc) is 3.04. The highest BCUT2D eigenvalue weighted by Gasteiger charge is 2.17. The molecule has 0 radical (unpaired) electrons. The second kappa shape index (κ2) is 8.33. The lowest BCUT2D eigenvalue weighted by molar-refractivity contribution is 0.407. The first kappa shape index (κ1) is 18.4. The minimum absolute atomic E-state index is 0.132. The van der Waals surface area contributed by atoms with Crippen LogP contribution in [0.3, 0.4) is 0 Å². The molecule has 0 amide bonds. The summed E-state index contributed by atoms with van der Waals surface area (Å²) in [4.78, 5) is 11.5. The Hall–Kier alpha value is -1.39. The molecule has 9 heteroatoms. The number of aliphatic imine (C=N–C) groups is 1. The van der Waals surface area contributed by atoms with Crippen LogP contribution in [0.2, 0.25) is 5.02 Å². The molecule has 25 heavy (non-hydrogen) atoms. The average molecular weight is 477 g/mol. The van der Waals surface area contributed by atoms with Gasteiger partial charge in [0, 0.05) is 35.9 Å². The summed E-state index contributed by atoms with van der Waals surface area (Å²) in [5.41, 5.74) is 7.45. The van der Waals surface area contributed by atoms with E-state index in [2.05, 4.69) is 25.6 Å². The number of amidine groups is 1. The van der Waals surface area contributed by atoms with E-state index in [1.807, 2.05) is 22.6 Å². The van der Waals surface area contributed by atoms with Gasteiger partial charge in [-0.3, -0.25) is 0 Å². The highest BCUT2D eigenvalue weighted by Crippen LogP contribution is 2.21. The van der Waals surface area contributed by atoms with Gasteiger partial charge in [-0.1, -0.05) is 34.2 Å². The summed E-state index contributed by atoms with van der Waals surface area (Å²) in [6.45, 7) is 1.76. The van der Waals surface area contributed by atoms with Crippen molar-refractivity contribution in [3.8, 4) is 0 Å². The van der Waals surface area contributed by atoms with E-state index >= 15 is 0 Å². The van der Waals surface area contributed by atoms with Crippen LogP contribution in [0.4, 0.5) is 4.39 Å². The summed E-state index contributed by atoms with van der Waals surface area (Å²) in [6, 6.07) is 1.89. The minimum atomic E-state index is -0.329. The fourth-order valence-corrected chi connectivity index (χ4v) is 3.29. The van der Waals surface area contributed by atoms with Crippen LogP contribution in [0, 0.1) is 0 Å². The van der Waals surface area contributed by atoms with Gasteiger partial charge in [0.2, 0.25) is 0 Å². The lowest BCUT2D eigenvalue weighted by atomic mass is 10.1. The van der Waals surface area contributed by atoms with E-state index in [1.54, 1.807) is 18.5 Å². The monoisotopic (exact) mass is 476 g/mol. The van der Waals surface area contributed by atoms with Crippen molar-refractivity contribution in [2.45, 2.75) is 18.9 Å². The van der Waals surface area contributed by atoms with E-state index in [0.29, 0.717) is 16.2 Å². The van der Waals surface area contributed by atoms with Crippen molar-refractivity contribution >= 4 is 51.1 Å². The van der Waals surface area contributed by atoms with Crippen LogP contribution in [-0.2, 0) is 0 Å². The number of hydrogen-bond donors (Lipinski definition) is 4. The normalized spacial score (nSPS) is 19.8. The molecule has 3 rings (SSSR count). The van der Waals surface area contributed by atoms with Crippen LogP contribution in [0.1, 0.15) is 18.4 Å². The van der Waals surface area contributed by atoms with Gasteiger partial charge < -0.3 is 21.4 Å². The highest BCUT2D eigenvalue weighted by atomic mass is 127. The zero-order valence-corrected chi connectivity index (χ0v) is 16.4. The Balaban J connectivity index is 1.91. The number of H-pyrrole nitrogens is 1. The number of nitrogens with one attached hydrogen (secondary N) is 3. The zero-order valence-electron chi connectivity index (χ0n) is 13.5. The molecule has 0 bridgehead atoms. The standard InChI is InChI=1S/C16H19ClFIN6/c17-9-4-11-12(8-23-15(11)22-6-9)14(20)25-16(13(18)5-19)24-10-2-1-3-21-7-10/h4,6,8,10,21,24H,1-3,5,7H2,(H2,20,25)(H,22,23)/b16-13+/t10-/m0/s1. The molecule has 0 spiro atoms. The molecule has 6 nitrogen and oxygen atoms in total. The van der Waals surface area contributed by atoms with Crippen LogP contribution in [0.15, 0.2) is 35.1 Å². The number of nitrogens with two attached hydrogens (primary N) is 1. The molecule has 1 saturated heterocycles. The summed E-state index contributed by atoms with van der Waals surface area (Å²) in [5, 5.41) is 7.72. The van der Waals surface area contributed by atoms with Gasteiger partial charge in [-0.15, -0.1) is 0 Å². The molecule has 0 saturated carbocycles. The van der Waals surface area contributed by atoms with Crippen molar-refractivity contribution in [2.75, 3.05) is 17.5 Å². The van der Waals surface area contributed by atoms with E-state index < -0.39 is 0 Å². The Morgan fingerprint density at radius 1 is 1.56 bits per heavy atom. The summed E-state index contributed by atoms with van der Waals surface area (Å²) in [5.74, 6) is 0.0663. The van der Waals surface area contributed by atoms with Crippen LogP contribution < -0.4 is 16.4 Å².